The third kappa shape index (κ3) is 3.58. The molecule has 1 N–H and O–H groups in total. The van der Waals surface area contributed by atoms with Gasteiger partial charge in [-0.2, -0.15) is 0 Å². The van der Waals surface area contributed by atoms with Gasteiger partial charge in [-0.05, 0) is 41.9 Å². The quantitative estimate of drug-likeness (QED) is 0.890. The monoisotopic (exact) mass is 319 g/mol. The molecule has 2 aromatic carbocycles. The Morgan fingerprint density at radius 3 is 2.37 bits per heavy atom. The van der Waals surface area contributed by atoms with Crippen LogP contribution in [0.15, 0.2) is 46.9 Å². The van der Waals surface area contributed by atoms with Crippen molar-refractivity contribution in [3.8, 4) is 16.9 Å². The van der Waals surface area contributed by atoms with E-state index in [2.05, 4.69) is 64.6 Å². The number of halogens is 1. The highest BCUT2D eigenvalue weighted by atomic mass is 79.9. The van der Waals surface area contributed by atoms with Crippen molar-refractivity contribution in [2.75, 3.05) is 13.7 Å². The summed E-state index contributed by atoms with van der Waals surface area (Å²) in [5, 5.41) is 3.34. The van der Waals surface area contributed by atoms with Crippen molar-refractivity contribution >= 4 is 15.9 Å². The molecule has 0 aromatic heterocycles. The molecule has 0 bridgehead atoms. The molecule has 0 fully saturated rings. The third-order valence-electron chi connectivity index (χ3n) is 3.02. The predicted molar refractivity (Wildman–Crippen MR) is 83.5 cm³/mol. The van der Waals surface area contributed by atoms with E-state index in [4.69, 9.17) is 4.74 Å². The standard InChI is InChI=1S/C16H18BrNO/c1-3-18-11-14-10-13(6-9-16(14)19-2)12-4-7-15(17)8-5-12/h4-10,18H,3,11H2,1-2H3. The van der Waals surface area contributed by atoms with Gasteiger partial charge >= 0.3 is 0 Å². The summed E-state index contributed by atoms with van der Waals surface area (Å²) in [6.07, 6.45) is 0. The minimum absolute atomic E-state index is 0.823. The summed E-state index contributed by atoms with van der Waals surface area (Å²) in [5.74, 6) is 0.932. The van der Waals surface area contributed by atoms with Crippen LogP contribution < -0.4 is 10.1 Å². The molecule has 2 aromatic rings. The van der Waals surface area contributed by atoms with E-state index < -0.39 is 0 Å². The summed E-state index contributed by atoms with van der Waals surface area (Å²) in [4.78, 5) is 0. The van der Waals surface area contributed by atoms with Gasteiger partial charge in [-0.15, -0.1) is 0 Å². The Morgan fingerprint density at radius 1 is 1.05 bits per heavy atom. The van der Waals surface area contributed by atoms with Crippen LogP contribution in [0.4, 0.5) is 0 Å². The van der Waals surface area contributed by atoms with Crippen LogP contribution in [-0.2, 0) is 6.54 Å². The van der Waals surface area contributed by atoms with Crippen molar-refractivity contribution in [2.45, 2.75) is 13.5 Å². The van der Waals surface area contributed by atoms with Gasteiger partial charge in [0.1, 0.15) is 5.75 Å². The topological polar surface area (TPSA) is 21.3 Å². The summed E-state index contributed by atoms with van der Waals surface area (Å²) in [7, 11) is 1.71. The van der Waals surface area contributed by atoms with Crippen LogP contribution in [0.2, 0.25) is 0 Å². The van der Waals surface area contributed by atoms with Crippen molar-refractivity contribution in [2.24, 2.45) is 0 Å². The zero-order valence-corrected chi connectivity index (χ0v) is 12.8. The SMILES string of the molecule is CCNCc1cc(-c2ccc(Br)cc2)ccc1OC. The van der Waals surface area contributed by atoms with Gasteiger partial charge in [-0.1, -0.05) is 41.1 Å². The molecule has 0 heterocycles. The van der Waals surface area contributed by atoms with Gasteiger partial charge in [0.05, 0.1) is 7.11 Å². The van der Waals surface area contributed by atoms with Crippen LogP contribution in [0.3, 0.4) is 0 Å². The highest BCUT2D eigenvalue weighted by Crippen LogP contribution is 2.27. The minimum Gasteiger partial charge on any atom is -0.496 e. The molecule has 0 atom stereocenters. The number of ether oxygens (including phenoxy) is 1. The fourth-order valence-corrected chi connectivity index (χ4v) is 2.26. The molecule has 0 spiro atoms. The maximum Gasteiger partial charge on any atom is 0.123 e. The zero-order valence-electron chi connectivity index (χ0n) is 11.2. The van der Waals surface area contributed by atoms with Gasteiger partial charge in [-0.25, -0.2) is 0 Å². The number of hydrogen-bond donors (Lipinski definition) is 1. The van der Waals surface area contributed by atoms with Crippen LogP contribution in [0, 0.1) is 0 Å². The minimum atomic E-state index is 0.823. The van der Waals surface area contributed by atoms with Gasteiger partial charge < -0.3 is 10.1 Å². The average Bonchev–Trinajstić information content (AvgIpc) is 2.45. The molecule has 100 valence electrons. The molecule has 0 radical (unpaired) electrons. The summed E-state index contributed by atoms with van der Waals surface area (Å²) < 4.78 is 6.50. The van der Waals surface area contributed by atoms with Crippen LogP contribution in [-0.4, -0.2) is 13.7 Å². The Balaban J connectivity index is 2.33. The van der Waals surface area contributed by atoms with E-state index >= 15 is 0 Å². The van der Waals surface area contributed by atoms with Crippen molar-refractivity contribution < 1.29 is 4.74 Å². The third-order valence-corrected chi connectivity index (χ3v) is 3.55. The lowest BCUT2D eigenvalue weighted by Gasteiger charge is -2.11. The Morgan fingerprint density at radius 2 is 1.74 bits per heavy atom. The van der Waals surface area contributed by atoms with Gasteiger partial charge in [-0.3, -0.25) is 0 Å². The summed E-state index contributed by atoms with van der Waals surface area (Å²) in [6, 6.07) is 14.7. The first-order valence-corrected chi connectivity index (χ1v) is 7.17. The first-order chi connectivity index (χ1) is 9.24. The highest BCUT2D eigenvalue weighted by molar-refractivity contribution is 9.10. The Kier molecular flexibility index (Phi) is 5.00. The molecule has 0 aliphatic carbocycles. The number of hydrogen-bond acceptors (Lipinski definition) is 2. The van der Waals surface area contributed by atoms with Gasteiger partial charge in [0, 0.05) is 16.6 Å². The van der Waals surface area contributed by atoms with Crippen molar-refractivity contribution in [1.82, 2.24) is 5.32 Å². The van der Waals surface area contributed by atoms with E-state index in [0.29, 0.717) is 0 Å². The molecular formula is C16H18BrNO. The normalized spacial score (nSPS) is 10.5. The van der Waals surface area contributed by atoms with E-state index in [1.165, 1.54) is 16.7 Å². The predicted octanol–water partition coefficient (Wildman–Crippen LogP) is 4.23. The second-order valence-electron chi connectivity index (χ2n) is 4.31. The van der Waals surface area contributed by atoms with Crippen molar-refractivity contribution in [1.29, 1.82) is 0 Å². The molecule has 2 nitrogen and oxygen atoms in total. The number of nitrogens with one attached hydrogen (secondary N) is 1. The maximum atomic E-state index is 5.40. The lowest BCUT2D eigenvalue weighted by atomic mass is 10.0. The van der Waals surface area contributed by atoms with Crippen LogP contribution >= 0.6 is 15.9 Å². The highest BCUT2D eigenvalue weighted by Gasteiger charge is 2.05. The molecule has 0 saturated heterocycles. The van der Waals surface area contributed by atoms with Gasteiger partial charge in [0.2, 0.25) is 0 Å². The lowest BCUT2D eigenvalue weighted by molar-refractivity contribution is 0.408. The van der Waals surface area contributed by atoms with E-state index in [0.717, 1.165) is 23.3 Å². The Hall–Kier alpha value is -1.32. The Labute approximate surface area is 122 Å². The van der Waals surface area contributed by atoms with Gasteiger partial charge in [0.25, 0.3) is 0 Å². The fourth-order valence-electron chi connectivity index (χ4n) is 2.00. The first kappa shape index (κ1) is 14.1. The molecule has 0 saturated carbocycles. The average molecular weight is 320 g/mol. The van der Waals surface area contributed by atoms with Gasteiger partial charge in [0.15, 0.2) is 0 Å². The molecule has 2 rings (SSSR count). The lowest BCUT2D eigenvalue weighted by Crippen LogP contribution is -2.12. The Bertz CT molecular complexity index is 537. The summed E-state index contributed by atoms with van der Waals surface area (Å²) in [6.45, 7) is 3.88. The molecule has 19 heavy (non-hydrogen) atoms. The fraction of sp³-hybridized carbons (Fsp3) is 0.250. The molecule has 0 aliphatic heterocycles. The smallest absolute Gasteiger partial charge is 0.123 e. The molecular weight excluding hydrogens is 302 g/mol. The first-order valence-electron chi connectivity index (χ1n) is 6.38. The van der Waals surface area contributed by atoms with Crippen molar-refractivity contribution in [3.63, 3.8) is 0 Å². The second kappa shape index (κ2) is 6.73. The number of benzene rings is 2. The van der Waals surface area contributed by atoms with E-state index in [9.17, 15) is 0 Å². The summed E-state index contributed by atoms with van der Waals surface area (Å²) in [5.41, 5.74) is 3.61. The molecule has 0 unspecified atom stereocenters. The molecule has 0 aliphatic rings. The van der Waals surface area contributed by atoms with E-state index in [1.54, 1.807) is 7.11 Å². The maximum absolute atomic E-state index is 5.40. The summed E-state index contributed by atoms with van der Waals surface area (Å²) >= 11 is 3.46. The number of methoxy groups -OCH3 is 1. The van der Waals surface area contributed by atoms with Crippen LogP contribution in [0.25, 0.3) is 11.1 Å². The largest absolute Gasteiger partial charge is 0.496 e. The molecule has 3 heteroatoms. The second-order valence-corrected chi connectivity index (χ2v) is 5.23. The van der Waals surface area contributed by atoms with E-state index in [-0.39, 0.29) is 0 Å². The van der Waals surface area contributed by atoms with Crippen LogP contribution in [0.5, 0.6) is 5.75 Å². The zero-order chi connectivity index (χ0) is 13.7. The van der Waals surface area contributed by atoms with Crippen molar-refractivity contribution in [3.05, 3.63) is 52.5 Å². The van der Waals surface area contributed by atoms with E-state index in [1.807, 2.05) is 6.07 Å². The molecule has 0 amide bonds. The van der Waals surface area contributed by atoms with Crippen LogP contribution in [0.1, 0.15) is 12.5 Å². The number of rotatable bonds is 5.